The average molecular weight is 279 g/mol. The van der Waals surface area contributed by atoms with E-state index in [0.717, 1.165) is 0 Å². The highest BCUT2D eigenvalue weighted by Crippen LogP contribution is 2.35. The number of nitro groups is 1. The summed E-state index contributed by atoms with van der Waals surface area (Å²) in [5, 5.41) is 19.9. The van der Waals surface area contributed by atoms with Gasteiger partial charge in [0.05, 0.1) is 13.7 Å². The zero-order chi connectivity index (χ0) is 14.7. The number of ether oxygens (including phenoxy) is 2. The molecular weight excluding hydrogens is 266 g/mol. The molecule has 0 amide bonds. The summed E-state index contributed by atoms with van der Waals surface area (Å²) >= 11 is 0. The van der Waals surface area contributed by atoms with Gasteiger partial charge in [-0.15, -0.1) is 0 Å². The lowest BCUT2D eigenvalue weighted by molar-refractivity contribution is -0.390. The lowest BCUT2D eigenvalue weighted by Crippen LogP contribution is -1.98. The Balaban J connectivity index is 2.39. The third-order valence-corrected chi connectivity index (χ3v) is 2.66. The first kappa shape index (κ1) is 13.8. The molecule has 0 unspecified atom stereocenters. The number of hydrogen-bond acceptors (Lipinski definition) is 6. The second kappa shape index (κ2) is 5.57. The Morgan fingerprint density at radius 3 is 2.80 bits per heavy atom. The Bertz CT molecular complexity index is 638. The molecule has 1 aromatic heterocycles. The van der Waals surface area contributed by atoms with Gasteiger partial charge in [0.15, 0.2) is 11.5 Å². The molecule has 0 spiro atoms. The van der Waals surface area contributed by atoms with E-state index in [-0.39, 0.29) is 18.3 Å². The number of nitrogens with zero attached hydrogens (tertiary/aromatic N) is 3. The van der Waals surface area contributed by atoms with Gasteiger partial charge in [-0.05, 0) is 27.6 Å². The molecule has 1 aromatic carbocycles. The van der Waals surface area contributed by atoms with E-state index in [1.807, 2.05) is 0 Å². The number of aryl methyl sites for hydroxylation is 1. The van der Waals surface area contributed by atoms with Crippen LogP contribution < -0.4 is 9.47 Å². The maximum absolute atomic E-state index is 10.9. The van der Waals surface area contributed by atoms with Crippen LogP contribution in [0.2, 0.25) is 0 Å². The van der Waals surface area contributed by atoms with Crippen molar-refractivity contribution < 1.29 is 19.5 Å². The van der Waals surface area contributed by atoms with Crippen molar-refractivity contribution in [1.29, 1.82) is 0 Å². The van der Waals surface area contributed by atoms with Gasteiger partial charge in [0, 0.05) is 7.05 Å². The lowest BCUT2D eigenvalue weighted by atomic mass is 10.2. The minimum Gasteiger partial charge on any atom is -0.493 e. The number of aliphatic hydroxyl groups excluding tert-OH is 1. The predicted octanol–water partition coefficient (Wildman–Crippen LogP) is 1.62. The molecule has 0 bridgehead atoms. The molecule has 0 aliphatic rings. The van der Waals surface area contributed by atoms with Crippen LogP contribution in [0.1, 0.15) is 5.56 Å². The molecule has 20 heavy (non-hydrogen) atoms. The molecule has 106 valence electrons. The molecule has 0 saturated heterocycles. The molecular formula is C12H13N3O5. The number of hydrogen-bond donors (Lipinski definition) is 1. The summed E-state index contributed by atoms with van der Waals surface area (Å²) in [6.07, 6.45) is 1.29. The van der Waals surface area contributed by atoms with Crippen LogP contribution in [0.25, 0.3) is 0 Å². The van der Waals surface area contributed by atoms with Crippen LogP contribution in [0, 0.1) is 10.1 Å². The highest BCUT2D eigenvalue weighted by atomic mass is 16.6. The second-order valence-electron chi connectivity index (χ2n) is 3.99. The van der Waals surface area contributed by atoms with Gasteiger partial charge >= 0.3 is 11.7 Å². The molecule has 0 atom stereocenters. The van der Waals surface area contributed by atoms with Gasteiger partial charge in [-0.3, -0.25) is 4.57 Å². The van der Waals surface area contributed by atoms with Crippen LogP contribution in [-0.2, 0) is 13.7 Å². The Labute approximate surface area is 114 Å². The standard InChI is InChI=1S/C12H13N3O5/c1-14-7-13-11(15(17)18)12(14)20-9-4-3-8(6-16)5-10(9)19-2/h3-5,7,16H,6H2,1-2H3. The Kier molecular flexibility index (Phi) is 3.85. The first-order chi connectivity index (χ1) is 9.56. The number of benzene rings is 1. The summed E-state index contributed by atoms with van der Waals surface area (Å²) in [6.45, 7) is -0.136. The summed E-state index contributed by atoms with van der Waals surface area (Å²) in [7, 11) is 3.03. The smallest absolute Gasteiger partial charge is 0.427 e. The largest absolute Gasteiger partial charge is 0.493 e. The summed E-state index contributed by atoms with van der Waals surface area (Å²) in [5.41, 5.74) is 0.647. The normalized spacial score (nSPS) is 10.3. The van der Waals surface area contributed by atoms with Crippen molar-refractivity contribution in [3.63, 3.8) is 0 Å². The number of methoxy groups -OCH3 is 1. The van der Waals surface area contributed by atoms with E-state index in [4.69, 9.17) is 14.6 Å². The third kappa shape index (κ3) is 2.54. The fourth-order valence-electron chi connectivity index (χ4n) is 1.65. The van der Waals surface area contributed by atoms with Crippen molar-refractivity contribution in [3.05, 3.63) is 40.2 Å². The zero-order valence-corrected chi connectivity index (χ0v) is 10.9. The van der Waals surface area contributed by atoms with Crippen molar-refractivity contribution in [2.45, 2.75) is 6.61 Å². The monoisotopic (exact) mass is 279 g/mol. The maximum Gasteiger partial charge on any atom is 0.427 e. The summed E-state index contributed by atoms with van der Waals surface area (Å²) in [5.74, 6) is 0.300. The topological polar surface area (TPSA) is 99.7 Å². The van der Waals surface area contributed by atoms with E-state index in [0.29, 0.717) is 17.1 Å². The highest BCUT2D eigenvalue weighted by Gasteiger charge is 2.23. The van der Waals surface area contributed by atoms with Crippen molar-refractivity contribution in [2.24, 2.45) is 7.05 Å². The summed E-state index contributed by atoms with van der Waals surface area (Å²) in [6, 6.07) is 4.80. The first-order valence-corrected chi connectivity index (χ1v) is 5.68. The van der Waals surface area contributed by atoms with Crippen LogP contribution in [0.4, 0.5) is 5.82 Å². The molecule has 8 heteroatoms. The van der Waals surface area contributed by atoms with E-state index in [9.17, 15) is 10.1 Å². The van der Waals surface area contributed by atoms with E-state index in [2.05, 4.69) is 4.98 Å². The fourth-order valence-corrected chi connectivity index (χ4v) is 1.65. The van der Waals surface area contributed by atoms with Crippen LogP contribution >= 0.6 is 0 Å². The Morgan fingerprint density at radius 1 is 1.45 bits per heavy atom. The molecule has 1 N–H and O–H groups in total. The van der Waals surface area contributed by atoms with E-state index in [1.54, 1.807) is 25.2 Å². The molecule has 2 aromatic rings. The molecule has 1 heterocycles. The lowest BCUT2D eigenvalue weighted by Gasteiger charge is -2.10. The van der Waals surface area contributed by atoms with Crippen LogP contribution in [0.5, 0.6) is 17.4 Å². The number of rotatable bonds is 5. The van der Waals surface area contributed by atoms with E-state index in [1.165, 1.54) is 18.0 Å². The highest BCUT2D eigenvalue weighted by molar-refractivity contribution is 5.47. The van der Waals surface area contributed by atoms with Gasteiger partial charge < -0.3 is 24.7 Å². The van der Waals surface area contributed by atoms with Crippen molar-refractivity contribution in [1.82, 2.24) is 9.55 Å². The van der Waals surface area contributed by atoms with Gasteiger partial charge in [-0.25, -0.2) is 0 Å². The van der Waals surface area contributed by atoms with Crippen molar-refractivity contribution >= 4 is 5.82 Å². The molecule has 8 nitrogen and oxygen atoms in total. The first-order valence-electron chi connectivity index (χ1n) is 5.68. The summed E-state index contributed by atoms with van der Waals surface area (Å²) < 4.78 is 12.1. The molecule has 0 radical (unpaired) electrons. The molecule has 2 rings (SSSR count). The van der Waals surface area contributed by atoms with Crippen LogP contribution in [0.3, 0.4) is 0 Å². The number of imidazole rings is 1. The zero-order valence-electron chi connectivity index (χ0n) is 10.9. The van der Waals surface area contributed by atoms with Gasteiger partial charge in [0.1, 0.15) is 0 Å². The molecule has 0 aliphatic heterocycles. The maximum atomic E-state index is 10.9. The van der Waals surface area contributed by atoms with Crippen LogP contribution in [0.15, 0.2) is 24.5 Å². The second-order valence-corrected chi connectivity index (χ2v) is 3.99. The Morgan fingerprint density at radius 2 is 2.20 bits per heavy atom. The molecule has 0 fully saturated rings. The van der Waals surface area contributed by atoms with E-state index >= 15 is 0 Å². The number of aliphatic hydroxyl groups is 1. The van der Waals surface area contributed by atoms with Crippen molar-refractivity contribution in [2.75, 3.05) is 7.11 Å². The minimum absolute atomic E-state index is 0.00467. The summed E-state index contributed by atoms with van der Waals surface area (Å²) in [4.78, 5) is 13.9. The van der Waals surface area contributed by atoms with Crippen molar-refractivity contribution in [3.8, 4) is 17.4 Å². The fraction of sp³-hybridized carbons (Fsp3) is 0.250. The van der Waals surface area contributed by atoms with Gasteiger partial charge in [0.2, 0.25) is 6.33 Å². The number of aromatic nitrogens is 2. The minimum atomic E-state index is -0.621. The van der Waals surface area contributed by atoms with Gasteiger partial charge in [-0.2, -0.15) is 0 Å². The molecule has 0 saturated carbocycles. The van der Waals surface area contributed by atoms with E-state index < -0.39 is 4.92 Å². The molecule has 0 aliphatic carbocycles. The van der Waals surface area contributed by atoms with Gasteiger partial charge in [0.25, 0.3) is 0 Å². The quantitative estimate of drug-likeness (QED) is 0.659. The predicted molar refractivity (Wildman–Crippen MR) is 68.9 cm³/mol. The van der Waals surface area contributed by atoms with Gasteiger partial charge in [-0.1, -0.05) is 6.07 Å². The Hall–Kier alpha value is -2.61. The van der Waals surface area contributed by atoms with Crippen LogP contribution in [-0.4, -0.2) is 26.7 Å². The third-order valence-electron chi connectivity index (χ3n) is 2.66. The average Bonchev–Trinajstić information content (AvgIpc) is 2.81. The SMILES string of the molecule is COc1cc(CO)ccc1Oc1c([N+](=O)[O-])ncn1C.